The van der Waals surface area contributed by atoms with Crippen molar-refractivity contribution in [2.45, 2.75) is 30.3 Å². The van der Waals surface area contributed by atoms with Crippen molar-refractivity contribution in [1.82, 2.24) is 4.90 Å². The van der Waals surface area contributed by atoms with E-state index in [0.717, 1.165) is 0 Å². The van der Waals surface area contributed by atoms with E-state index in [9.17, 15) is 19.8 Å². The fourth-order valence-corrected chi connectivity index (χ4v) is 5.15. The minimum absolute atomic E-state index is 0.0935. The van der Waals surface area contributed by atoms with Crippen LogP contribution >= 0.6 is 0 Å². The first-order valence-corrected chi connectivity index (χ1v) is 8.17. The molecular formula is C18H21NO4. The van der Waals surface area contributed by atoms with Gasteiger partial charge in [-0.3, -0.25) is 14.5 Å². The van der Waals surface area contributed by atoms with Crippen molar-refractivity contribution in [3.05, 3.63) is 35.9 Å². The number of piperidine rings is 2. The molecule has 2 bridgehead atoms. The molecule has 122 valence electrons. The van der Waals surface area contributed by atoms with E-state index in [1.165, 1.54) is 0 Å². The van der Waals surface area contributed by atoms with Crippen LogP contribution in [0.3, 0.4) is 0 Å². The number of carboxylic acids is 1. The Labute approximate surface area is 134 Å². The smallest absolute Gasteiger partial charge is 0.316 e. The molecule has 1 aliphatic carbocycles. The number of aliphatic hydroxyl groups excluding tert-OH is 1. The van der Waals surface area contributed by atoms with Crippen LogP contribution in [-0.2, 0) is 15.0 Å². The third-order valence-electron chi connectivity index (χ3n) is 6.48. The molecule has 4 rings (SSSR count). The zero-order chi connectivity index (χ0) is 16.4. The maximum Gasteiger partial charge on any atom is 0.316 e. The number of Topliss-reactive ketones (excluding diaryl/α,β-unsaturated/α-hetero) is 1. The summed E-state index contributed by atoms with van der Waals surface area (Å²) in [5.74, 6) is -0.590. The van der Waals surface area contributed by atoms with Crippen LogP contribution in [0.15, 0.2) is 30.3 Å². The first-order chi connectivity index (χ1) is 11.0. The predicted octanol–water partition coefficient (Wildman–Crippen LogP) is 0.909. The molecule has 1 unspecified atom stereocenters. The number of carbonyl (C=O) groups excluding carboxylic acids is 1. The lowest BCUT2D eigenvalue weighted by atomic mass is 9.65. The average molecular weight is 315 g/mol. The van der Waals surface area contributed by atoms with Crippen LogP contribution in [-0.4, -0.2) is 52.6 Å². The van der Waals surface area contributed by atoms with Crippen molar-refractivity contribution in [3.8, 4) is 0 Å². The second kappa shape index (κ2) is 4.89. The molecule has 1 saturated carbocycles. The number of fused-ring (bicyclic) bond motifs is 5. The van der Waals surface area contributed by atoms with Gasteiger partial charge in [-0.15, -0.1) is 0 Å². The van der Waals surface area contributed by atoms with Crippen LogP contribution in [0.4, 0.5) is 0 Å². The molecule has 5 nitrogen and oxygen atoms in total. The lowest BCUT2D eigenvalue weighted by Crippen LogP contribution is -2.54. The fraction of sp³-hybridized carbons (Fsp3) is 0.556. The van der Waals surface area contributed by atoms with E-state index in [-0.39, 0.29) is 29.8 Å². The number of ketones is 1. The van der Waals surface area contributed by atoms with Gasteiger partial charge >= 0.3 is 5.97 Å². The Morgan fingerprint density at radius 1 is 1.22 bits per heavy atom. The second-order valence-corrected chi connectivity index (χ2v) is 7.22. The summed E-state index contributed by atoms with van der Waals surface area (Å²) in [6, 6.07) is 9.31. The minimum Gasteiger partial charge on any atom is -0.481 e. The predicted molar refractivity (Wildman–Crippen MR) is 82.9 cm³/mol. The maximum atomic E-state index is 12.2. The van der Waals surface area contributed by atoms with Crippen molar-refractivity contribution >= 4 is 11.8 Å². The molecule has 23 heavy (non-hydrogen) atoms. The van der Waals surface area contributed by atoms with E-state index in [1.807, 2.05) is 25.2 Å². The summed E-state index contributed by atoms with van der Waals surface area (Å²) < 4.78 is 0. The van der Waals surface area contributed by atoms with Gasteiger partial charge in [-0.1, -0.05) is 30.3 Å². The van der Waals surface area contributed by atoms with Gasteiger partial charge in [0, 0.05) is 23.9 Å². The summed E-state index contributed by atoms with van der Waals surface area (Å²) >= 11 is 0. The summed E-state index contributed by atoms with van der Waals surface area (Å²) in [5.41, 5.74) is -0.622. The average Bonchev–Trinajstić information content (AvgIpc) is 3.17. The molecule has 5 heteroatoms. The monoisotopic (exact) mass is 315 g/mol. The van der Waals surface area contributed by atoms with E-state index in [0.29, 0.717) is 24.2 Å². The van der Waals surface area contributed by atoms with E-state index >= 15 is 0 Å². The molecule has 6 atom stereocenters. The maximum absolute atomic E-state index is 12.2. The van der Waals surface area contributed by atoms with E-state index in [1.54, 1.807) is 12.1 Å². The van der Waals surface area contributed by atoms with Gasteiger partial charge in [0.15, 0.2) is 0 Å². The molecule has 2 heterocycles. The van der Waals surface area contributed by atoms with Gasteiger partial charge in [0.2, 0.25) is 0 Å². The van der Waals surface area contributed by atoms with E-state index in [4.69, 9.17) is 0 Å². The molecule has 0 aromatic heterocycles. The Morgan fingerprint density at radius 3 is 2.26 bits per heavy atom. The molecule has 3 fully saturated rings. The molecule has 0 radical (unpaired) electrons. The highest BCUT2D eigenvalue weighted by Gasteiger charge is 2.69. The number of hydrogen-bond acceptors (Lipinski definition) is 4. The lowest BCUT2D eigenvalue weighted by molar-refractivity contribution is -0.150. The molecule has 2 N–H and O–H groups in total. The van der Waals surface area contributed by atoms with Crippen LogP contribution in [0, 0.1) is 17.8 Å². The molecule has 1 aromatic rings. The highest BCUT2D eigenvalue weighted by Crippen LogP contribution is 2.58. The van der Waals surface area contributed by atoms with E-state index in [2.05, 4.69) is 4.90 Å². The van der Waals surface area contributed by atoms with Gasteiger partial charge in [0.1, 0.15) is 11.2 Å². The molecule has 2 aliphatic heterocycles. The van der Waals surface area contributed by atoms with E-state index < -0.39 is 18.0 Å². The summed E-state index contributed by atoms with van der Waals surface area (Å²) in [5, 5.41) is 20.1. The van der Waals surface area contributed by atoms with Gasteiger partial charge in [-0.25, -0.2) is 0 Å². The largest absolute Gasteiger partial charge is 0.481 e. The summed E-state index contributed by atoms with van der Waals surface area (Å²) in [7, 11) is 2.04. The Bertz CT molecular complexity index is 638. The number of benzene rings is 1. The van der Waals surface area contributed by atoms with Gasteiger partial charge in [0.05, 0.1) is 6.61 Å². The van der Waals surface area contributed by atoms with Crippen molar-refractivity contribution in [1.29, 1.82) is 0 Å². The number of aliphatic carboxylic acids is 1. The molecule has 3 aliphatic rings. The zero-order valence-electron chi connectivity index (χ0n) is 13.1. The normalized spacial score (nSPS) is 38.0. The van der Waals surface area contributed by atoms with Crippen LogP contribution in [0.5, 0.6) is 0 Å². The summed E-state index contributed by atoms with van der Waals surface area (Å²) in [4.78, 5) is 26.3. The molecule has 0 amide bonds. The quantitative estimate of drug-likeness (QED) is 0.863. The van der Waals surface area contributed by atoms with Crippen molar-refractivity contribution in [2.24, 2.45) is 17.8 Å². The highest BCUT2D eigenvalue weighted by molar-refractivity contribution is 6.02. The van der Waals surface area contributed by atoms with Crippen LogP contribution < -0.4 is 0 Å². The van der Waals surface area contributed by atoms with Crippen LogP contribution in [0.25, 0.3) is 0 Å². The Morgan fingerprint density at radius 2 is 1.78 bits per heavy atom. The number of hydrogen-bond donors (Lipinski definition) is 2. The highest BCUT2D eigenvalue weighted by atomic mass is 16.4. The zero-order valence-corrected chi connectivity index (χ0v) is 13.1. The first kappa shape index (κ1) is 14.8. The number of nitrogens with zero attached hydrogens (tertiary/aromatic N) is 1. The molecular weight excluding hydrogens is 294 g/mol. The number of carbonyl (C=O) groups is 2. The first-order valence-electron chi connectivity index (χ1n) is 8.17. The van der Waals surface area contributed by atoms with Gasteiger partial charge < -0.3 is 10.2 Å². The van der Waals surface area contributed by atoms with Crippen molar-refractivity contribution in [2.75, 3.05) is 13.7 Å². The molecule has 2 saturated heterocycles. The minimum atomic E-state index is -1.28. The summed E-state index contributed by atoms with van der Waals surface area (Å²) in [6.07, 6.45) is 1.31. The Kier molecular flexibility index (Phi) is 3.15. The Hall–Kier alpha value is -1.72. The Balaban J connectivity index is 1.72. The SMILES string of the molecule is CN1[C@@H]2CC([C@](CO)(C(=O)O)c3ccccc3)C[C@H]1[C@H]1C(=O)[C@H]12. The van der Waals surface area contributed by atoms with Crippen molar-refractivity contribution in [3.63, 3.8) is 0 Å². The summed E-state index contributed by atoms with van der Waals surface area (Å²) in [6.45, 7) is -0.413. The number of rotatable bonds is 4. The van der Waals surface area contributed by atoms with Crippen LogP contribution in [0.2, 0.25) is 0 Å². The molecule has 1 aromatic carbocycles. The topological polar surface area (TPSA) is 77.8 Å². The molecule has 0 spiro atoms. The fourth-order valence-electron chi connectivity index (χ4n) is 5.15. The standard InChI is InChI=1S/C18H21NO4/c1-19-12-7-11(8-13(19)15-14(12)16(15)21)18(9-20,17(22)23)10-5-3-2-4-6-10/h2-6,11-15,20H,7-9H2,1H3,(H,22,23)/t11?,12-,13+,14+,15-,18-/m1/s1. The third-order valence-corrected chi connectivity index (χ3v) is 6.48. The van der Waals surface area contributed by atoms with Crippen LogP contribution in [0.1, 0.15) is 18.4 Å². The van der Waals surface area contributed by atoms with Crippen molar-refractivity contribution < 1.29 is 19.8 Å². The number of carboxylic acid groups (broad SMARTS) is 1. The number of aliphatic hydroxyl groups is 1. The second-order valence-electron chi connectivity index (χ2n) is 7.22. The van der Waals surface area contributed by atoms with Gasteiger partial charge in [-0.2, -0.15) is 0 Å². The lowest BCUT2D eigenvalue weighted by Gasteiger charge is -2.45. The third kappa shape index (κ3) is 1.80. The van der Waals surface area contributed by atoms with Gasteiger partial charge in [0.25, 0.3) is 0 Å². The van der Waals surface area contributed by atoms with Gasteiger partial charge in [-0.05, 0) is 31.4 Å².